The highest BCUT2D eigenvalue weighted by Gasteiger charge is 2.33. The molecule has 2 aliphatic heterocycles. The van der Waals surface area contributed by atoms with Crippen LogP contribution in [0.4, 0.5) is 5.88 Å². The number of amidine groups is 1. The molecule has 1 aromatic carbocycles. The van der Waals surface area contributed by atoms with E-state index in [2.05, 4.69) is 15.3 Å². The van der Waals surface area contributed by atoms with Gasteiger partial charge in [0.05, 0.1) is 24.3 Å². The summed E-state index contributed by atoms with van der Waals surface area (Å²) in [6.45, 7) is 6.41. The fourth-order valence-electron chi connectivity index (χ4n) is 3.35. The maximum absolute atomic E-state index is 12.8. The number of carbonyl (C=O) groups excluding carboxylic acids is 1. The van der Waals surface area contributed by atoms with Crippen molar-refractivity contribution >= 4 is 24.0 Å². The Morgan fingerprint density at radius 2 is 2.15 bits per heavy atom. The minimum atomic E-state index is -0.157. The van der Waals surface area contributed by atoms with Gasteiger partial charge in [-0.05, 0) is 38.0 Å². The number of nitrogens with one attached hydrogen (secondary N) is 1. The molecule has 2 aromatic rings. The summed E-state index contributed by atoms with van der Waals surface area (Å²) in [6, 6.07) is 7.92. The van der Waals surface area contributed by atoms with Gasteiger partial charge in [0.25, 0.3) is 5.91 Å². The summed E-state index contributed by atoms with van der Waals surface area (Å²) in [5.41, 5.74) is 2.37. The molecule has 0 atom stereocenters. The van der Waals surface area contributed by atoms with Gasteiger partial charge in [-0.2, -0.15) is 0 Å². The van der Waals surface area contributed by atoms with E-state index in [0.29, 0.717) is 42.5 Å². The van der Waals surface area contributed by atoms with Crippen LogP contribution in [0, 0.1) is 6.92 Å². The topological polar surface area (TPSA) is 79.4 Å². The zero-order valence-electron chi connectivity index (χ0n) is 15.5. The lowest BCUT2D eigenvalue weighted by atomic mass is 10.1. The van der Waals surface area contributed by atoms with Gasteiger partial charge in [0.1, 0.15) is 23.7 Å². The van der Waals surface area contributed by atoms with Crippen LogP contribution in [0.3, 0.4) is 0 Å². The van der Waals surface area contributed by atoms with Crippen LogP contribution in [0.15, 0.2) is 38.7 Å². The monoisotopic (exact) mass is 366 g/mol. The normalized spacial score (nSPS) is 14.6. The lowest BCUT2D eigenvalue weighted by Gasteiger charge is -2.18. The van der Waals surface area contributed by atoms with Crippen LogP contribution >= 0.6 is 0 Å². The number of carbonyl (C=O) groups is 1. The molecule has 0 radical (unpaired) electrons. The van der Waals surface area contributed by atoms with E-state index in [1.54, 1.807) is 13.3 Å². The Kier molecular flexibility index (Phi) is 4.66. The van der Waals surface area contributed by atoms with E-state index in [1.807, 2.05) is 36.1 Å². The van der Waals surface area contributed by atoms with Crippen LogP contribution in [0.5, 0.6) is 5.75 Å². The number of aryl methyl sites for hydroxylation is 1. The van der Waals surface area contributed by atoms with Gasteiger partial charge in [0, 0.05) is 13.1 Å². The molecule has 1 amide bonds. The second kappa shape index (κ2) is 7.26. The standard InChI is InChI=1S/C20H22N4O3/c1-3-26-15-6-4-14(5-7-15)8-9-22-19(25)16-13(2)27-20-17(16)18-21-10-11-24(18)12-23-20/h4-7,12H,3,8-11H2,1-2H3,(H,22,25). The Labute approximate surface area is 157 Å². The predicted molar refractivity (Wildman–Crippen MR) is 103 cm³/mol. The maximum Gasteiger partial charge on any atom is 0.255 e. The van der Waals surface area contributed by atoms with Gasteiger partial charge in [0.15, 0.2) is 0 Å². The third-order valence-electron chi connectivity index (χ3n) is 4.64. The largest absolute Gasteiger partial charge is 0.494 e. The highest BCUT2D eigenvalue weighted by atomic mass is 16.5. The molecule has 0 unspecified atom stereocenters. The summed E-state index contributed by atoms with van der Waals surface area (Å²) in [7, 11) is 0. The van der Waals surface area contributed by atoms with Gasteiger partial charge in [-0.15, -0.1) is 0 Å². The smallest absolute Gasteiger partial charge is 0.255 e. The van der Waals surface area contributed by atoms with Gasteiger partial charge >= 0.3 is 0 Å². The number of ether oxygens (including phenoxy) is 1. The lowest BCUT2D eigenvalue weighted by molar-refractivity contribution is 0.0952. The van der Waals surface area contributed by atoms with Gasteiger partial charge in [-0.25, -0.2) is 4.99 Å². The van der Waals surface area contributed by atoms with E-state index < -0.39 is 0 Å². The molecule has 0 spiro atoms. The minimum Gasteiger partial charge on any atom is -0.494 e. The summed E-state index contributed by atoms with van der Waals surface area (Å²) in [5, 5.41) is 2.99. The van der Waals surface area contributed by atoms with Crippen LogP contribution in [0.1, 0.15) is 34.2 Å². The fraction of sp³-hybridized carbons (Fsp3) is 0.350. The Hall–Kier alpha value is -3.09. The number of hydrogen-bond acceptors (Lipinski definition) is 6. The average Bonchev–Trinajstić information content (AvgIpc) is 3.26. The molecule has 0 saturated heterocycles. The molecule has 27 heavy (non-hydrogen) atoms. The first-order valence-corrected chi connectivity index (χ1v) is 9.16. The zero-order chi connectivity index (χ0) is 18.8. The molecule has 0 bridgehead atoms. The zero-order valence-corrected chi connectivity index (χ0v) is 15.5. The van der Waals surface area contributed by atoms with Gasteiger partial charge < -0.3 is 19.4 Å². The molecule has 4 rings (SSSR count). The first-order valence-electron chi connectivity index (χ1n) is 9.16. The van der Waals surface area contributed by atoms with Crippen molar-refractivity contribution in [1.29, 1.82) is 0 Å². The van der Waals surface area contributed by atoms with Gasteiger partial charge in [0.2, 0.25) is 5.88 Å². The molecule has 0 fully saturated rings. The quantitative estimate of drug-likeness (QED) is 0.852. The average molecular weight is 366 g/mol. The SMILES string of the molecule is CCOc1ccc(CCNC(=O)c2c(C)oc3c2C2=NCCN2C=N3)cc1. The van der Waals surface area contributed by atoms with Gasteiger partial charge in [-0.1, -0.05) is 12.1 Å². The maximum atomic E-state index is 12.8. The van der Waals surface area contributed by atoms with E-state index in [4.69, 9.17) is 9.15 Å². The van der Waals surface area contributed by atoms with Crippen LogP contribution in [0.2, 0.25) is 0 Å². The van der Waals surface area contributed by atoms with E-state index in [9.17, 15) is 4.79 Å². The summed E-state index contributed by atoms with van der Waals surface area (Å²) in [6.07, 6.45) is 2.45. The van der Waals surface area contributed by atoms with Crippen LogP contribution < -0.4 is 10.1 Å². The molecular formula is C20H22N4O3. The lowest BCUT2D eigenvalue weighted by Crippen LogP contribution is -2.32. The third kappa shape index (κ3) is 3.32. The minimum absolute atomic E-state index is 0.157. The van der Waals surface area contributed by atoms with E-state index >= 15 is 0 Å². The summed E-state index contributed by atoms with van der Waals surface area (Å²) in [5.74, 6) is 2.49. The predicted octanol–water partition coefficient (Wildman–Crippen LogP) is 2.69. The summed E-state index contributed by atoms with van der Waals surface area (Å²) < 4.78 is 11.1. The number of aliphatic imine (C=N–C) groups is 2. The summed E-state index contributed by atoms with van der Waals surface area (Å²) >= 11 is 0. The van der Waals surface area contributed by atoms with E-state index in [-0.39, 0.29) is 5.91 Å². The van der Waals surface area contributed by atoms with E-state index in [1.165, 1.54) is 0 Å². The highest BCUT2D eigenvalue weighted by molar-refractivity contribution is 6.17. The van der Waals surface area contributed by atoms with E-state index in [0.717, 1.165) is 30.1 Å². The molecule has 1 aromatic heterocycles. The van der Waals surface area contributed by atoms with Crippen LogP contribution in [-0.2, 0) is 6.42 Å². The Balaban J connectivity index is 1.44. The van der Waals surface area contributed by atoms with Crippen LogP contribution in [0.25, 0.3) is 0 Å². The molecule has 1 N–H and O–H groups in total. The second-order valence-electron chi connectivity index (χ2n) is 6.44. The molecule has 7 nitrogen and oxygen atoms in total. The highest BCUT2D eigenvalue weighted by Crippen LogP contribution is 2.34. The molecule has 2 aliphatic rings. The third-order valence-corrected chi connectivity index (χ3v) is 4.64. The Morgan fingerprint density at radius 3 is 2.93 bits per heavy atom. The molecule has 3 heterocycles. The molecule has 0 aliphatic carbocycles. The van der Waals surface area contributed by atoms with Crippen molar-refractivity contribution in [3.05, 3.63) is 46.7 Å². The summed E-state index contributed by atoms with van der Waals surface area (Å²) in [4.78, 5) is 23.6. The second-order valence-corrected chi connectivity index (χ2v) is 6.44. The van der Waals surface area contributed by atoms with Crippen molar-refractivity contribution in [2.45, 2.75) is 20.3 Å². The number of hydrogen-bond donors (Lipinski definition) is 1. The van der Waals surface area contributed by atoms with Crippen molar-refractivity contribution in [2.24, 2.45) is 9.98 Å². The molecule has 0 saturated carbocycles. The van der Waals surface area contributed by atoms with Gasteiger partial charge in [-0.3, -0.25) is 9.79 Å². The fourth-order valence-corrected chi connectivity index (χ4v) is 3.35. The number of rotatable bonds is 6. The van der Waals surface area contributed by atoms with Crippen LogP contribution in [-0.4, -0.2) is 49.2 Å². The van der Waals surface area contributed by atoms with Crippen molar-refractivity contribution in [1.82, 2.24) is 10.2 Å². The first-order chi connectivity index (χ1) is 13.2. The van der Waals surface area contributed by atoms with Crippen molar-refractivity contribution in [2.75, 3.05) is 26.2 Å². The number of nitrogens with zero attached hydrogens (tertiary/aromatic N) is 3. The molecular weight excluding hydrogens is 344 g/mol. The Morgan fingerprint density at radius 1 is 1.33 bits per heavy atom. The van der Waals surface area contributed by atoms with Crippen molar-refractivity contribution in [3.8, 4) is 5.75 Å². The number of fused-ring (bicyclic) bond motifs is 3. The number of amides is 1. The molecule has 140 valence electrons. The Bertz CT molecular complexity index is 912. The number of furan rings is 1. The first kappa shape index (κ1) is 17.3. The number of benzene rings is 1. The van der Waals surface area contributed by atoms with Crippen molar-refractivity contribution < 1.29 is 13.9 Å². The molecule has 7 heteroatoms. The van der Waals surface area contributed by atoms with Crippen molar-refractivity contribution in [3.63, 3.8) is 0 Å².